The van der Waals surface area contributed by atoms with Crippen LogP contribution in [0.1, 0.15) is 52.8 Å². The summed E-state index contributed by atoms with van der Waals surface area (Å²) in [7, 11) is 1.77. The summed E-state index contributed by atoms with van der Waals surface area (Å²) >= 11 is 1.61. The van der Waals surface area contributed by atoms with Crippen molar-refractivity contribution in [2.24, 2.45) is 7.05 Å². The third kappa shape index (κ3) is 3.50. The average molecular weight is 332 g/mol. The second-order valence-corrected chi connectivity index (χ2v) is 6.92. The standard InChI is InChI=1S/C16H20N4O2S/c1-11-18-13(10-23-11)14-4-3-7-20(14)16(22)6-5-15(21)12-8-17-19(2)9-12/h8-10,14H,3-7H2,1-2H3/t14-/m0/s1. The molecule has 0 aromatic carbocycles. The van der Waals surface area contributed by atoms with Crippen LogP contribution in [0.4, 0.5) is 0 Å². The van der Waals surface area contributed by atoms with Crippen molar-refractivity contribution in [2.75, 3.05) is 6.54 Å². The zero-order valence-corrected chi connectivity index (χ0v) is 14.2. The summed E-state index contributed by atoms with van der Waals surface area (Å²) in [4.78, 5) is 31.0. The highest BCUT2D eigenvalue weighted by Crippen LogP contribution is 2.33. The number of amides is 1. The van der Waals surface area contributed by atoms with Crippen molar-refractivity contribution in [1.29, 1.82) is 0 Å². The van der Waals surface area contributed by atoms with Crippen LogP contribution in [-0.4, -0.2) is 37.9 Å². The van der Waals surface area contributed by atoms with Crippen molar-refractivity contribution < 1.29 is 9.59 Å². The van der Waals surface area contributed by atoms with Crippen LogP contribution in [0.3, 0.4) is 0 Å². The molecule has 2 aromatic heterocycles. The number of nitrogens with zero attached hydrogens (tertiary/aromatic N) is 4. The molecule has 6 nitrogen and oxygen atoms in total. The quantitative estimate of drug-likeness (QED) is 0.789. The van der Waals surface area contributed by atoms with Crippen molar-refractivity contribution in [3.8, 4) is 0 Å². The smallest absolute Gasteiger partial charge is 0.223 e. The number of hydrogen-bond donors (Lipinski definition) is 0. The molecule has 0 aliphatic carbocycles. The number of aryl methyl sites for hydroxylation is 2. The molecule has 1 aliphatic rings. The lowest BCUT2D eigenvalue weighted by Crippen LogP contribution is -2.31. The lowest BCUT2D eigenvalue weighted by Gasteiger charge is -2.23. The Bertz CT molecular complexity index is 721. The van der Waals surface area contributed by atoms with Gasteiger partial charge in [0.05, 0.1) is 28.5 Å². The number of aromatic nitrogens is 3. The van der Waals surface area contributed by atoms with E-state index < -0.39 is 0 Å². The van der Waals surface area contributed by atoms with Crippen LogP contribution in [0.15, 0.2) is 17.8 Å². The fraction of sp³-hybridized carbons (Fsp3) is 0.500. The van der Waals surface area contributed by atoms with E-state index in [0.29, 0.717) is 5.56 Å². The zero-order valence-electron chi connectivity index (χ0n) is 13.4. The molecule has 0 radical (unpaired) electrons. The molecule has 1 fully saturated rings. The van der Waals surface area contributed by atoms with Crippen molar-refractivity contribution in [2.45, 2.75) is 38.6 Å². The highest BCUT2D eigenvalue weighted by Gasteiger charge is 2.31. The molecule has 23 heavy (non-hydrogen) atoms. The number of carbonyl (C=O) groups is 2. The van der Waals surface area contributed by atoms with Gasteiger partial charge in [0.1, 0.15) is 0 Å². The number of likely N-dealkylation sites (tertiary alicyclic amines) is 1. The number of ketones is 1. The minimum absolute atomic E-state index is 0.0355. The molecule has 0 bridgehead atoms. The fourth-order valence-corrected chi connectivity index (χ4v) is 3.64. The number of carbonyl (C=O) groups excluding carboxylic acids is 2. The lowest BCUT2D eigenvalue weighted by molar-refractivity contribution is -0.132. The summed E-state index contributed by atoms with van der Waals surface area (Å²) in [6, 6.07) is 0.0703. The molecule has 0 spiro atoms. The summed E-state index contributed by atoms with van der Waals surface area (Å²) < 4.78 is 1.59. The van der Waals surface area contributed by atoms with E-state index in [2.05, 4.69) is 10.1 Å². The van der Waals surface area contributed by atoms with Gasteiger partial charge >= 0.3 is 0 Å². The molecule has 0 N–H and O–H groups in total. The Morgan fingerprint density at radius 3 is 2.87 bits per heavy atom. The maximum Gasteiger partial charge on any atom is 0.223 e. The van der Waals surface area contributed by atoms with E-state index >= 15 is 0 Å². The predicted molar refractivity (Wildman–Crippen MR) is 87.3 cm³/mol. The summed E-state index contributed by atoms with van der Waals surface area (Å²) in [5.74, 6) is 0.00194. The molecule has 122 valence electrons. The first-order chi connectivity index (χ1) is 11.0. The van der Waals surface area contributed by atoms with Gasteiger partial charge in [-0.2, -0.15) is 5.10 Å². The van der Waals surface area contributed by atoms with Crippen molar-refractivity contribution in [1.82, 2.24) is 19.7 Å². The summed E-state index contributed by atoms with van der Waals surface area (Å²) in [6.07, 6.45) is 5.64. The summed E-state index contributed by atoms with van der Waals surface area (Å²) in [5.41, 5.74) is 1.55. The first-order valence-corrected chi connectivity index (χ1v) is 8.66. The van der Waals surface area contributed by atoms with Gasteiger partial charge in [0.2, 0.25) is 5.91 Å². The highest BCUT2D eigenvalue weighted by atomic mass is 32.1. The van der Waals surface area contributed by atoms with E-state index in [9.17, 15) is 9.59 Å². The Hall–Kier alpha value is -2.02. The van der Waals surface area contributed by atoms with Crippen LogP contribution in [0.2, 0.25) is 0 Å². The van der Waals surface area contributed by atoms with E-state index in [1.54, 1.807) is 35.5 Å². The molecule has 3 rings (SSSR count). The van der Waals surface area contributed by atoms with Crippen LogP contribution in [-0.2, 0) is 11.8 Å². The first kappa shape index (κ1) is 15.9. The summed E-state index contributed by atoms with van der Waals surface area (Å²) in [6.45, 7) is 2.73. The van der Waals surface area contributed by atoms with Crippen LogP contribution in [0.5, 0.6) is 0 Å². The number of thiazole rings is 1. The van der Waals surface area contributed by atoms with Gasteiger partial charge in [0, 0.05) is 38.0 Å². The molecule has 3 heterocycles. The molecule has 0 unspecified atom stereocenters. The maximum absolute atomic E-state index is 12.5. The Labute approximate surface area is 139 Å². The van der Waals surface area contributed by atoms with E-state index in [-0.39, 0.29) is 30.6 Å². The van der Waals surface area contributed by atoms with Crippen LogP contribution in [0, 0.1) is 6.92 Å². The molecule has 1 amide bonds. The van der Waals surface area contributed by atoms with Crippen LogP contribution in [0.25, 0.3) is 0 Å². The van der Waals surface area contributed by atoms with Gasteiger partial charge in [-0.3, -0.25) is 14.3 Å². The Morgan fingerprint density at radius 2 is 2.22 bits per heavy atom. The Morgan fingerprint density at radius 1 is 1.39 bits per heavy atom. The molecule has 1 atom stereocenters. The van der Waals surface area contributed by atoms with E-state index in [1.807, 2.05) is 17.2 Å². The molecule has 7 heteroatoms. The normalized spacial score (nSPS) is 17.7. The molecular weight excluding hydrogens is 312 g/mol. The lowest BCUT2D eigenvalue weighted by atomic mass is 10.1. The minimum atomic E-state index is -0.0355. The third-order valence-electron chi connectivity index (χ3n) is 4.14. The maximum atomic E-state index is 12.5. The first-order valence-electron chi connectivity index (χ1n) is 7.78. The largest absolute Gasteiger partial charge is 0.334 e. The molecular formula is C16H20N4O2S. The Balaban J connectivity index is 1.60. The molecule has 2 aromatic rings. The predicted octanol–water partition coefficient (Wildman–Crippen LogP) is 2.51. The Kier molecular flexibility index (Phi) is 4.56. The second-order valence-electron chi connectivity index (χ2n) is 5.86. The van der Waals surface area contributed by atoms with Gasteiger partial charge in [-0.1, -0.05) is 0 Å². The third-order valence-corrected chi connectivity index (χ3v) is 4.94. The van der Waals surface area contributed by atoms with Crippen LogP contribution >= 0.6 is 11.3 Å². The number of rotatable bonds is 5. The van der Waals surface area contributed by atoms with Gasteiger partial charge in [0.15, 0.2) is 5.78 Å². The topological polar surface area (TPSA) is 68.1 Å². The van der Waals surface area contributed by atoms with E-state index in [4.69, 9.17) is 0 Å². The number of Topliss-reactive ketones (excluding diaryl/α,β-unsaturated/α-hetero) is 1. The van der Waals surface area contributed by atoms with Gasteiger partial charge < -0.3 is 4.90 Å². The van der Waals surface area contributed by atoms with Crippen LogP contribution < -0.4 is 0 Å². The SMILES string of the molecule is Cc1nc([C@@H]2CCCN2C(=O)CCC(=O)c2cnn(C)c2)cs1. The van der Waals surface area contributed by atoms with Crippen molar-refractivity contribution in [3.05, 3.63) is 34.0 Å². The van der Waals surface area contributed by atoms with Gasteiger partial charge in [-0.15, -0.1) is 11.3 Å². The van der Waals surface area contributed by atoms with Gasteiger partial charge in [-0.25, -0.2) is 4.98 Å². The van der Waals surface area contributed by atoms with Crippen molar-refractivity contribution >= 4 is 23.0 Å². The van der Waals surface area contributed by atoms with Crippen molar-refractivity contribution in [3.63, 3.8) is 0 Å². The summed E-state index contributed by atoms with van der Waals surface area (Å²) in [5, 5.41) is 7.04. The molecule has 1 saturated heterocycles. The molecule has 1 aliphatic heterocycles. The fourth-order valence-electron chi connectivity index (χ4n) is 2.98. The zero-order chi connectivity index (χ0) is 16.4. The second kappa shape index (κ2) is 6.62. The highest BCUT2D eigenvalue weighted by molar-refractivity contribution is 7.09. The van der Waals surface area contributed by atoms with E-state index in [0.717, 1.165) is 30.1 Å². The van der Waals surface area contributed by atoms with Gasteiger partial charge in [-0.05, 0) is 19.8 Å². The van der Waals surface area contributed by atoms with Gasteiger partial charge in [0.25, 0.3) is 0 Å². The average Bonchev–Trinajstić information content (AvgIpc) is 3.24. The minimum Gasteiger partial charge on any atom is -0.334 e. The van der Waals surface area contributed by atoms with E-state index in [1.165, 1.54) is 0 Å². The molecule has 0 saturated carbocycles. The number of hydrogen-bond acceptors (Lipinski definition) is 5. The monoisotopic (exact) mass is 332 g/mol.